The van der Waals surface area contributed by atoms with Crippen LogP contribution in [0.1, 0.15) is 49.4 Å². The number of nitrogens with one attached hydrogen (secondary N) is 1. The normalized spacial score (nSPS) is 13.6. The summed E-state index contributed by atoms with van der Waals surface area (Å²) in [5, 5.41) is 13.1. The zero-order valence-electron chi connectivity index (χ0n) is 18.7. The number of rotatable bonds is 7. The fourth-order valence-electron chi connectivity index (χ4n) is 3.73. The standard InChI is InChI=1S/C25H22Cl2N4O3/c1-3-4-16(9-15-6-7-15)19-12-18(8-5-14(19)2)34-23-20(26)10-17(11-21(23)27)31-25(33)29-24(32)22(13-28)30-31/h4-5,8,10-12,15H,3,6-7,9H2,1-2H3,(H,29,32,33)/b16-4-. The number of ether oxygens (including phenoxy) is 1. The predicted molar refractivity (Wildman–Crippen MR) is 132 cm³/mol. The Balaban J connectivity index is 1.68. The summed E-state index contributed by atoms with van der Waals surface area (Å²) in [5.41, 5.74) is 1.66. The van der Waals surface area contributed by atoms with E-state index in [1.165, 1.54) is 30.5 Å². The van der Waals surface area contributed by atoms with Crippen molar-refractivity contribution < 1.29 is 4.74 Å². The lowest BCUT2D eigenvalue weighted by atomic mass is 9.95. The molecule has 1 heterocycles. The molecule has 1 N–H and O–H groups in total. The van der Waals surface area contributed by atoms with Crippen molar-refractivity contribution in [3.63, 3.8) is 0 Å². The summed E-state index contributed by atoms with van der Waals surface area (Å²) in [6.07, 6.45) is 6.83. The van der Waals surface area contributed by atoms with Crippen molar-refractivity contribution >= 4 is 28.8 Å². The number of halogens is 2. The first kappa shape index (κ1) is 23.8. The maximum Gasteiger partial charge on any atom is 0.349 e. The van der Waals surface area contributed by atoms with Gasteiger partial charge in [0, 0.05) is 0 Å². The van der Waals surface area contributed by atoms with E-state index in [1.807, 2.05) is 23.2 Å². The molecule has 1 aliphatic carbocycles. The minimum absolute atomic E-state index is 0.144. The summed E-state index contributed by atoms with van der Waals surface area (Å²) >= 11 is 12.9. The number of hydrogen-bond donors (Lipinski definition) is 1. The third kappa shape index (κ3) is 5.09. The van der Waals surface area contributed by atoms with Gasteiger partial charge >= 0.3 is 5.69 Å². The van der Waals surface area contributed by atoms with Crippen LogP contribution in [0.5, 0.6) is 11.5 Å². The quantitative estimate of drug-likeness (QED) is 0.445. The van der Waals surface area contributed by atoms with Gasteiger partial charge in [-0.2, -0.15) is 9.94 Å². The maximum atomic E-state index is 12.2. The molecule has 7 nitrogen and oxygen atoms in total. The Hall–Kier alpha value is -3.34. The number of aryl methyl sites for hydroxylation is 1. The zero-order valence-corrected chi connectivity index (χ0v) is 20.2. The Morgan fingerprint density at radius 1 is 1.26 bits per heavy atom. The van der Waals surface area contributed by atoms with E-state index in [0.717, 1.165) is 34.6 Å². The van der Waals surface area contributed by atoms with Crippen LogP contribution in [-0.2, 0) is 0 Å². The van der Waals surface area contributed by atoms with Gasteiger partial charge in [-0.1, -0.05) is 42.3 Å². The van der Waals surface area contributed by atoms with Crippen LogP contribution in [0.4, 0.5) is 0 Å². The molecule has 0 aliphatic heterocycles. The van der Waals surface area contributed by atoms with Crippen molar-refractivity contribution in [2.75, 3.05) is 0 Å². The molecule has 3 aromatic rings. The summed E-state index contributed by atoms with van der Waals surface area (Å²) in [6, 6.07) is 10.4. The van der Waals surface area contributed by atoms with E-state index in [2.05, 4.69) is 25.0 Å². The zero-order chi connectivity index (χ0) is 24.4. The molecular weight excluding hydrogens is 475 g/mol. The molecule has 0 saturated heterocycles. The van der Waals surface area contributed by atoms with Crippen LogP contribution in [0.2, 0.25) is 10.0 Å². The average molecular weight is 497 g/mol. The van der Waals surface area contributed by atoms with E-state index in [4.69, 9.17) is 33.2 Å². The van der Waals surface area contributed by atoms with Crippen LogP contribution < -0.4 is 16.0 Å². The fourth-order valence-corrected chi connectivity index (χ4v) is 4.28. The van der Waals surface area contributed by atoms with Crippen LogP contribution in [-0.4, -0.2) is 14.8 Å². The molecule has 1 saturated carbocycles. The first-order valence-electron chi connectivity index (χ1n) is 10.9. The second-order valence-electron chi connectivity index (χ2n) is 8.23. The third-order valence-corrected chi connectivity index (χ3v) is 6.15. The number of allylic oxidation sites excluding steroid dienone is 2. The predicted octanol–water partition coefficient (Wildman–Crippen LogP) is 5.79. The van der Waals surface area contributed by atoms with Crippen molar-refractivity contribution in [3.05, 3.63) is 84.1 Å². The minimum atomic E-state index is -0.866. The van der Waals surface area contributed by atoms with Gasteiger partial charge in [-0.05, 0) is 79.5 Å². The first-order chi connectivity index (χ1) is 16.3. The number of aromatic nitrogens is 3. The number of H-pyrrole nitrogens is 1. The Kier molecular flexibility index (Phi) is 6.92. The number of nitrogens with zero attached hydrogens (tertiary/aromatic N) is 3. The molecule has 34 heavy (non-hydrogen) atoms. The molecule has 1 aromatic heterocycles. The summed E-state index contributed by atoms with van der Waals surface area (Å²) in [5.74, 6) is 1.56. The van der Waals surface area contributed by atoms with Gasteiger partial charge < -0.3 is 4.74 Å². The molecule has 1 aliphatic rings. The molecule has 0 radical (unpaired) electrons. The SMILES string of the molecule is CC/C=C(/CC1CC1)c1cc(Oc2c(Cl)cc(-n3nc(C#N)c(=O)[nH]c3=O)cc2Cl)ccc1C. The van der Waals surface area contributed by atoms with Crippen LogP contribution >= 0.6 is 23.2 Å². The van der Waals surface area contributed by atoms with Gasteiger partial charge in [0.1, 0.15) is 11.8 Å². The number of aromatic amines is 1. The number of hydrogen-bond acceptors (Lipinski definition) is 5. The average Bonchev–Trinajstić information content (AvgIpc) is 3.61. The van der Waals surface area contributed by atoms with Crippen LogP contribution in [0.25, 0.3) is 11.3 Å². The monoisotopic (exact) mass is 496 g/mol. The van der Waals surface area contributed by atoms with E-state index in [9.17, 15) is 9.59 Å². The molecular formula is C25H22Cl2N4O3. The van der Waals surface area contributed by atoms with Crippen molar-refractivity contribution in [1.82, 2.24) is 14.8 Å². The van der Waals surface area contributed by atoms with E-state index in [1.54, 1.807) is 6.07 Å². The van der Waals surface area contributed by atoms with Crippen molar-refractivity contribution in [2.24, 2.45) is 5.92 Å². The molecule has 0 spiro atoms. The highest BCUT2D eigenvalue weighted by Gasteiger charge is 2.24. The van der Waals surface area contributed by atoms with Crippen LogP contribution in [0.15, 0.2) is 46.0 Å². The van der Waals surface area contributed by atoms with Gasteiger partial charge in [-0.15, -0.1) is 5.10 Å². The fraction of sp³-hybridized carbons (Fsp3) is 0.280. The second-order valence-corrected chi connectivity index (χ2v) is 9.05. The first-order valence-corrected chi connectivity index (χ1v) is 11.7. The molecule has 2 aromatic carbocycles. The highest BCUT2D eigenvalue weighted by molar-refractivity contribution is 6.37. The lowest BCUT2D eigenvalue weighted by Crippen LogP contribution is -2.33. The van der Waals surface area contributed by atoms with Crippen molar-refractivity contribution in [3.8, 4) is 23.3 Å². The van der Waals surface area contributed by atoms with E-state index in [0.29, 0.717) is 5.75 Å². The van der Waals surface area contributed by atoms with E-state index < -0.39 is 16.9 Å². The Bertz CT molecular complexity index is 1420. The van der Waals surface area contributed by atoms with Crippen molar-refractivity contribution in [2.45, 2.75) is 39.5 Å². The maximum absolute atomic E-state index is 12.2. The molecule has 0 atom stereocenters. The summed E-state index contributed by atoms with van der Waals surface area (Å²) in [7, 11) is 0. The van der Waals surface area contributed by atoms with Gasteiger partial charge in [0.25, 0.3) is 5.56 Å². The van der Waals surface area contributed by atoms with Crippen molar-refractivity contribution in [1.29, 1.82) is 5.26 Å². The Morgan fingerprint density at radius 2 is 1.97 bits per heavy atom. The minimum Gasteiger partial charge on any atom is -0.454 e. The molecule has 9 heteroatoms. The van der Waals surface area contributed by atoms with Crippen LogP contribution in [0, 0.1) is 24.2 Å². The van der Waals surface area contributed by atoms with E-state index in [-0.39, 0.29) is 21.5 Å². The molecule has 0 unspecified atom stereocenters. The second kappa shape index (κ2) is 9.88. The van der Waals surface area contributed by atoms with Gasteiger partial charge in [0.15, 0.2) is 5.75 Å². The summed E-state index contributed by atoms with van der Waals surface area (Å²) < 4.78 is 6.91. The number of benzene rings is 2. The molecule has 4 rings (SSSR count). The topological polar surface area (TPSA) is 101 Å². The smallest absolute Gasteiger partial charge is 0.349 e. The molecule has 1 fully saturated rings. The van der Waals surface area contributed by atoms with E-state index >= 15 is 0 Å². The third-order valence-electron chi connectivity index (χ3n) is 5.59. The number of nitriles is 1. The lowest BCUT2D eigenvalue weighted by Gasteiger charge is -2.15. The summed E-state index contributed by atoms with van der Waals surface area (Å²) in [6.45, 7) is 4.21. The summed E-state index contributed by atoms with van der Waals surface area (Å²) in [4.78, 5) is 25.9. The highest BCUT2D eigenvalue weighted by atomic mass is 35.5. The molecule has 0 amide bonds. The molecule has 174 valence electrons. The van der Waals surface area contributed by atoms with Gasteiger partial charge in [-0.25, -0.2) is 4.79 Å². The largest absolute Gasteiger partial charge is 0.454 e. The van der Waals surface area contributed by atoms with Crippen LogP contribution in [0.3, 0.4) is 0 Å². The Morgan fingerprint density at radius 3 is 2.59 bits per heavy atom. The lowest BCUT2D eigenvalue weighted by molar-refractivity contribution is 0.482. The van der Waals surface area contributed by atoms with Gasteiger partial charge in [0.2, 0.25) is 5.69 Å². The molecule has 0 bridgehead atoms. The highest BCUT2D eigenvalue weighted by Crippen LogP contribution is 2.41. The van der Waals surface area contributed by atoms with Gasteiger partial charge in [-0.3, -0.25) is 9.78 Å². The Labute approximate surface area is 206 Å². The van der Waals surface area contributed by atoms with Gasteiger partial charge in [0.05, 0.1) is 15.7 Å².